The van der Waals surface area contributed by atoms with E-state index in [1.165, 1.54) is 19.3 Å². The smallest absolute Gasteiger partial charge is 0.164 e. The number of hydrogen-bond donors (Lipinski definition) is 0. The van der Waals surface area contributed by atoms with Gasteiger partial charge in [-0.05, 0) is 67.8 Å². The van der Waals surface area contributed by atoms with Crippen molar-refractivity contribution in [2.45, 2.75) is 59.3 Å². The summed E-state index contributed by atoms with van der Waals surface area (Å²) in [5.41, 5.74) is 1.60. The molecule has 0 saturated heterocycles. The molecule has 0 aromatic heterocycles. The van der Waals surface area contributed by atoms with Gasteiger partial charge in [0.25, 0.3) is 0 Å². The Balaban J connectivity index is 2.03. The van der Waals surface area contributed by atoms with Crippen molar-refractivity contribution in [1.82, 2.24) is 0 Å². The molecule has 94 valence electrons. The minimum absolute atomic E-state index is 0.0330. The number of ketones is 1. The molecule has 4 aliphatic rings. The molecule has 1 nitrogen and oxygen atoms in total. The van der Waals surface area contributed by atoms with Gasteiger partial charge in [0.05, 0.1) is 0 Å². The SMILES string of the molecule is C=C(C)C(=O)C12CC3CC(C)(CC(C)(C3)C1)C2. The molecule has 0 N–H and O–H groups in total. The third-order valence-electron chi connectivity index (χ3n) is 5.50. The van der Waals surface area contributed by atoms with Gasteiger partial charge in [0.15, 0.2) is 5.78 Å². The molecule has 4 fully saturated rings. The molecule has 4 aliphatic carbocycles. The standard InChI is InChI=1S/C16H24O/c1-11(2)13(17)16-7-12-5-14(3,9-16)8-15(4,6-12)10-16/h12H,1,5-10H2,2-4H3. The first-order chi connectivity index (χ1) is 7.76. The maximum absolute atomic E-state index is 12.6. The summed E-state index contributed by atoms with van der Waals surface area (Å²) < 4.78 is 0. The van der Waals surface area contributed by atoms with Crippen molar-refractivity contribution in [3.8, 4) is 0 Å². The van der Waals surface area contributed by atoms with Gasteiger partial charge in [-0.25, -0.2) is 0 Å². The third-order valence-corrected chi connectivity index (χ3v) is 5.50. The zero-order valence-corrected chi connectivity index (χ0v) is 11.4. The summed E-state index contributed by atoms with van der Waals surface area (Å²) in [6.45, 7) is 10.6. The largest absolute Gasteiger partial charge is 0.294 e. The van der Waals surface area contributed by atoms with E-state index in [2.05, 4.69) is 20.4 Å². The van der Waals surface area contributed by atoms with Crippen LogP contribution in [0.4, 0.5) is 0 Å². The van der Waals surface area contributed by atoms with Gasteiger partial charge >= 0.3 is 0 Å². The zero-order valence-electron chi connectivity index (χ0n) is 11.4. The Morgan fingerprint density at radius 1 is 1.06 bits per heavy atom. The topological polar surface area (TPSA) is 17.1 Å². The minimum atomic E-state index is -0.0330. The molecule has 0 amide bonds. The first-order valence-corrected chi connectivity index (χ1v) is 6.96. The summed E-state index contributed by atoms with van der Waals surface area (Å²) in [4.78, 5) is 12.6. The van der Waals surface area contributed by atoms with Gasteiger partial charge in [0.1, 0.15) is 0 Å². The summed E-state index contributed by atoms with van der Waals surface area (Å²) in [5, 5.41) is 0. The van der Waals surface area contributed by atoms with E-state index in [1.807, 2.05) is 6.92 Å². The van der Waals surface area contributed by atoms with Crippen LogP contribution in [0.3, 0.4) is 0 Å². The predicted molar refractivity (Wildman–Crippen MR) is 69.7 cm³/mol. The number of carbonyl (C=O) groups is 1. The van der Waals surface area contributed by atoms with E-state index in [0.29, 0.717) is 16.6 Å². The zero-order chi connectivity index (χ0) is 12.5. The number of Topliss-reactive ketones (excluding diaryl/α,β-unsaturated/α-hetero) is 1. The molecule has 4 bridgehead atoms. The second kappa shape index (κ2) is 3.05. The van der Waals surface area contributed by atoms with Gasteiger partial charge in [0.2, 0.25) is 0 Å². The quantitative estimate of drug-likeness (QED) is 0.654. The van der Waals surface area contributed by atoms with E-state index >= 15 is 0 Å². The Labute approximate surface area is 105 Å². The number of hydrogen-bond acceptors (Lipinski definition) is 1. The molecule has 0 spiro atoms. The van der Waals surface area contributed by atoms with Crippen LogP contribution < -0.4 is 0 Å². The van der Waals surface area contributed by atoms with Crippen LogP contribution in [0, 0.1) is 22.2 Å². The van der Waals surface area contributed by atoms with Gasteiger partial charge in [-0.1, -0.05) is 20.4 Å². The van der Waals surface area contributed by atoms with Crippen molar-refractivity contribution in [3.05, 3.63) is 12.2 Å². The predicted octanol–water partition coefficient (Wildman–Crippen LogP) is 4.13. The lowest BCUT2D eigenvalue weighted by Crippen LogP contribution is -2.57. The highest BCUT2D eigenvalue weighted by atomic mass is 16.1. The lowest BCUT2D eigenvalue weighted by atomic mass is 9.39. The monoisotopic (exact) mass is 232 g/mol. The molecule has 0 radical (unpaired) electrons. The molecule has 0 aromatic rings. The van der Waals surface area contributed by atoms with Crippen molar-refractivity contribution < 1.29 is 4.79 Å². The van der Waals surface area contributed by atoms with Gasteiger partial charge in [0, 0.05) is 5.41 Å². The van der Waals surface area contributed by atoms with Crippen LogP contribution in [0.1, 0.15) is 59.3 Å². The summed E-state index contributed by atoms with van der Waals surface area (Å²) in [7, 11) is 0. The summed E-state index contributed by atoms with van der Waals surface area (Å²) >= 11 is 0. The van der Waals surface area contributed by atoms with Crippen molar-refractivity contribution in [1.29, 1.82) is 0 Å². The maximum atomic E-state index is 12.6. The van der Waals surface area contributed by atoms with Gasteiger partial charge in [-0.15, -0.1) is 0 Å². The van der Waals surface area contributed by atoms with Crippen molar-refractivity contribution in [3.63, 3.8) is 0 Å². The molecule has 0 heterocycles. The van der Waals surface area contributed by atoms with Gasteiger partial charge < -0.3 is 0 Å². The van der Waals surface area contributed by atoms with E-state index in [1.54, 1.807) is 0 Å². The van der Waals surface area contributed by atoms with Crippen LogP contribution in [0.2, 0.25) is 0 Å². The average Bonchev–Trinajstić information content (AvgIpc) is 2.10. The summed E-state index contributed by atoms with van der Waals surface area (Å²) in [5.74, 6) is 1.17. The first kappa shape index (κ1) is 11.5. The second-order valence-corrected chi connectivity index (χ2v) is 8.02. The van der Waals surface area contributed by atoms with Gasteiger partial charge in [-0.2, -0.15) is 0 Å². The van der Waals surface area contributed by atoms with E-state index < -0.39 is 0 Å². The van der Waals surface area contributed by atoms with E-state index in [4.69, 9.17) is 0 Å². The Morgan fingerprint density at radius 3 is 2.00 bits per heavy atom. The number of carbonyl (C=O) groups excluding carboxylic acids is 1. The van der Waals surface area contributed by atoms with Crippen molar-refractivity contribution in [2.24, 2.45) is 22.2 Å². The minimum Gasteiger partial charge on any atom is -0.294 e. The number of rotatable bonds is 2. The Bertz CT molecular complexity index is 388. The second-order valence-electron chi connectivity index (χ2n) is 8.02. The fraction of sp³-hybridized carbons (Fsp3) is 0.812. The Kier molecular flexibility index (Phi) is 2.06. The van der Waals surface area contributed by atoms with E-state index in [0.717, 1.165) is 30.8 Å². The molecule has 4 rings (SSSR count). The molecule has 2 atom stereocenters. The maximum Gasteiger partial charge on any atom is 0.164 e. The van der Waals surface area contributed by atoms with Crippen molar-refractivity contribution in [2.75, 3.05) is 0 Å². The highest BCUT2D eigenvalue weighted by Gasteiger charge is 2.62. The molecular weight excluding hydrogens is 208 g/mol. The lowest BCUT2D eigenvalue weighted by molar-refractivity contribution is -0.164. The molecule has 4 saturated carbocycles. The van der Waals surface area contributed by atoms with Crippen LogP contribution in [0.15, 0.2) is 12.2 Å². The van der Waals surface area contributed by atoms with Crippen LogP contribution >= 0.6 is 0 Å². The van der Waals surface area contributed by atoms with Crippen LogP contribution in [0.25, 0.3) is 0 Å². The molecule has 2 unspecified atom stereocenters. The van der Waals surface area contributed by atoms with Gasteiger partial charge in [-0.3, -0.25) is 4.79 Å². The molecular formula is C16H24O. The summed E-state index contributed by atoms with van der Waals surface area (Å²) in [6, 6.07) is 0. The fourth-order valence-electron chi connectivity index (χ4n) is 6.15. The third kappa shape index (κ3) is 1.54. The lowest BCUT2D eigenvalue weighted by Gasteiger charge is -2.64. The average molecular weight is 232 g/mol. The molecule has 0 aliphatic heterocycles. The Morgan fingerprint density at radius 2 is 1.59 bits per heavy atom. The number of allylic oxidation sites excluding steroid dienone is 1. The normalized spacial score (nSPS) is 51.6. The fourth-order valence-corrected chi connectivity index (χ4v) is 6.15. The first-order valence-electron chi connectivity index (χ1n) is 6.96. The highest BCUT2D eigenvalue weighted by Crippen LogP contribution is 2.70. The molecule has 1 heteroatoms. The van der Waals surface area contributed by atoms with Crippen LogP contribution in [-0.4, -0.2) is 5.78 Å². The molecule has 0 aromatic carbocycles. The van der Waals surface area contributed by atoms with Crippen LogP contribution in [0.5, 0.6) is 0 Å². The van der Waals surface area contributed by atoms with E-state index in [9.17, 15) is 4.79 Å². The summed E-state index contributed by atoms with van der Waals surface area (Å²) in [6.07, 6.45) is 7.43. The van der Waals surface area contributed by atoms with Crippen molar-refractivity contribution >= 4 is 5.78 Å². The van der Waals surface area contributed by atoms with E-state index in [-0.39, 0.29) is 5.41 Å². The molecule has 17 heavy (non-hydrogen) atoms. The Hall–Kier alpha value is -0.590. The highest BCUT2D eigenvalue weighted by molar-refractivity contribution is 5.99. The van der Waals surface area contributed by atoms with Crippen LogP contribution in [-0.2, 0) is 4.79 Å².